The first kappa shape index (κ1) is 16.0. The van der Waals surface area contributed by atoms with Crippen LogP contribution in [0.25, 0.3) is 0 Å². The van der Waals surface area contributed by atoms with Gasteiger partial charge in [0, 0.05) is 10.4 Å². The van der Waals surface area contributed by atoms with Gasteiger partial charge in [0.2, 0.25) is 0 Å². The van der Waals surface area contributed by atoms with Crippen molar-refractivity contribution in [3.05, 3.63) is 57.8 Å². The summed E-state index contributed by atoms with van der Waals surface area (Å²) in [7, 11) is 0. The Kier molecular flexibility index (Phi) is 4.48. The van der Waals surface area contributed by atoms with Crippen molar-refractivity contribution in [1.82, 2.24) is 4.90 Å². The minimum atomic E-state index is -1.31. The molecule has 0 radical (unpaired) electrons. The molecule has 0 bridgehead atoms. The molecule has 0 fully saturated rings. The van der Waals surface area contributed by atoms with Crippen LogP contribution >= 0.6 is 11.3 Å². The predicted octanol–water partition coefficient (Wildman–Crippen LogP) is 2.79. The Balaban J connectivity index is 1.86. The van der Waals surface area contributed by atoms with E-state index in [9.17, 15) is 19.8 Å². The first-order valence-corrected chi connectivity index (χ1v) is 7.98. The molecule has 0 saturated carbocycles. The van der Waals surface area contributed by atoms with E-state index in [4.69, 9.17) is 4.84 Å². The Hall–Kier alpha value is -2.87. The largest absolute Gasteiger partial charge is 0.479 e. The third-order valence-corrected chi connectivity index (χ3v) is 4.58. The number of hydrogen-bond acceptors (Lipinski definition) is 5. The van der Waals surface area contributed by atoms with Crippen molar-refractivity contribution in [2.24, 2.45) is 5.16 Å². The monoisotopic (exact) mass is 346 g/mol. The highest BCUT2D eigenvalue weighted by molar-refractivity contribution is 7.10. The zero-order valence-corrected chi connectivity index (χ0v) is 13.3. The van der Waals surface area contributed by atoms with E-state index in [1.54, 1.807) is 11.4 Å². The lowest BCUT2D eigenvalue weighted by atomic mass is 10.0. The molecule has 1 aromatic carbocycles. The molecular weight excluding hydrogens is 332 g/mol. The van der Waals surface area contributed by atoms with E-state index in [0.29, 0.717) is 16.2 Å². The Morgan fingerprint density at radius 1 is 1.25 bits per heavy atom. The minimum absolute atomic E-state index is 0.134. The fourth-order valence-corrected chi connectivity index (χ4v) is 3.53. The molecule has 3 rings (SSSR count). The van der Waals surface area contributed by atoms with Gasteiger partial charge in [0.1, 0.15) is 12.3 Å². The molecule has 0 saturated heterocycles. The summed E-state index contributed by atoms with van der Waals surface area (Å²) >= 11 is 1.19. The number of hydrogen-bond donors (Lipinski definition) is 2. The van der Waals surface area contributed by atoms with E-state index >= 15 is 0 Å². The number of amides is 1. The van der Waals surface area contributed by atoms with Gasteiger partial charge in [-0.1, -0.05) is 35.5 Å². The summed E-state index contributed by atoms with van der Waals surface area (Å²) in [5.74, 6) is -1.20. The van der Waals surface area contributed by atoms with Crippen LogP contribution in [0.5, 0.6) is 0 Å². The second-order valence-corrected chi connectivity index (χ2v) is 6.09. The summed E-state index contributed by atoms with van der Waals surface area (Å²) in [6.45, 7) is 0.115. The molecule has 8 heteroatoms. The number of carbonyl (C=O) groups is 2. The van der Waals surface area contributed by atoms with Crippen LogP contribution in [0.2, 0.25) is 0 Å². The summed E-state index contributed by atoms with van der Waals surface area (Å²) in [4.78, 5) is 29.5. The molecule has 2 aromatic rings. The van der Waals surface area contributed by atoms with Gasteiger partial charge in [0.05, 0.1) is 6.54 Å². The number of benzene rings is 1. The molecule has 24 heavy (non-hydrogen) atoms. The standard InChI is InChI=1S/C16H14N2O5S/c19-15(20)13-14-11(6-7-24-14)12(8-18(13)16(21)22)17-23-9-10-4-2-1-3-5-10/h1-7,13H,8-9H2,(H,19,20)(H,21,22)/b17-12-. The van der Waals surface area contributed by atoms with Crippen molar-refractivity contribution >= 4 is 29.1 Å². The van der Waals surface area contributed by atoms with Crippen molar-refractivity contribution in [3.8, 4) is 0 Å². The molecule has 1 unspecified atom stereocenters. The Bertz CT molecular complexity index is 787. The first-order chi connectivity index (χ1) is 11.6. The van der Waals surface area contributed by atoms with Gasteiger partial charge in [-0.3, -0.25) is 4.90 Å². The highest BCUT2D eigenvalue weighted by Gasteiger charge is 2.40. The second kappa shape index (κ2) is 6.71. The van der Waals surface area contributed by atoms with E-state index in [1.165, 1.54) is 11.3 Å². The quantitative estimate of drug-likeness (QED) is 0.829. The van der Waals surface area contributed by atoms with Crippen molar-refractivity contribution in [1.29, 1.82) is 0 Å². The number of aliphatic carboxylic acids is 1. The van der Waals surface area contributed by atoms with Gasteiger partial charge in [-0.25, -0.2) is 9.59 Å². The molecule has 2 N–H and O–H groups in total. The van der Waals surface area contributed by atoms with Crippen molar-refractivity contribution in [2.75, 3.05) is 6.54 Å². The van der Waals surface area contributed by atoms with Crippen LogP contribution in [-0.4, -0.2) is 39.4 Å². The number of rotatable bonds is 4. The molecule has 1 aliphatic rings. The van der Waals surface area contributed by atoms with E-state index < -0.39 is 18.1 Å². The van der Waals surface area contributed by atoms with Crippen LogP contribution in [0.3, 0.4) is 0 Å². The molecule has 2 heterocycles. The smallest absolute Gasteiger partial charge is 0.408 e. The van der Waals surface area contributed by atoms with Crippen LogP contribution in [0.4, 0.5) is 4.79 Å². The SMILES string of the molecule is O=C(O)C1c2sccc2/C(=N\OCc2ccccc2)CN1C(=O)O. The number of nitrogens with zero attached hydrogens (tertiary/aromatic N) is 2. The maximum atomic E-state index is 11.5. The van der Waals surface area contributed by atoms with Crippen molar-refractivity contribution in [3.63, 3.8) is 0 Å². The third kappa shape index (κ3) is 3.09. The fraction of sp³-hybridized carbons (Fsp3) is 0.188. The molecule has 0 spiro atoms. The Labute approximate surface area is 141 Å². The Morgan fingerprint density at radius 2 is 2.00 bits per heavy atom. The minimum Gasteiger partial charge on any atom is -0.479 e. The normalized spacial score (nSPS) is 18.2. The highest BCUT2D eigenvalue weighted by atomic mass is 32.1. The number of fused-ring (bicyclic) bond motifs is 1. The maximum Gasteiger partial charge on any atom is 0.408 e. The van der Waals surface area contributed by atoms with Crippen molar-refractivity contribution in [2.45, 2.75) is 12.6 Å². The van der Waals surface area contributed by atoms with Gasteiger partial charge >= 0.3 is 12.1 Å². The van der Waals surface area contributed by atoms with Gasteiger partial charge in [0.15, 0.2) is 6.04 Å². The lowest BCUT2D eigenvalue weighted by Crippen LogP contribution is -2.45. The summed E-state index contributed by atoms with van der Waals surface area (Å²) in [5.41, 5.74) is 1.96. The summed E-state index contributed by atoms with van der Waals surface area (Å²) in [6, 6.07) is 9.96. The topological polar surface area (TPSA) is 99.4 Å². The summed E-state index contributed by atoms with van der Waals surface area (Å²) in [6.07, 6.45) is -1.31. The maximum absolute atomic E-state index is 11.5. The number of thiophene rings is 1. The van der Waals surface area contributed by atoms with Crippen molar-refractivity contribution < 1.29 is 24.6 Å². The zero-order chi connectivity index (χ0) is 17.1. The molecule has 1 aromatic heterocycles. The van der Waals surface area contributed by atoms with Crippen LogP contribution in [0.1, 0.15) is 22.0 Å². The number of carboxylic acid groups (broad SMARTS) is 2. The van der Waals surface area contributed by atoms with Gasteiger partial charge in [-0.2, -0.15) is 0 Å². The van der Waals surface area contributed by atoms with Gasteiger partial charge in [-0.05, 0) is 17.0 Å². The average Bonchev–Trinajstić information content (AvgIpc) is 3.04. The van der Waals surface area contributed by atoms with Crippen LogP contribution in [-0.2, 0) is 16.2 Å². The lowest BCUT2D eigenvalue weighted by molar-refractivity contribution is -0.142. The molecule has 0 aliphatic carbocycles. The van der Waals surface area contributed by atoms with Crippen LogP contribution in [0.15, 0.2) is 46.9 Å². The van der Waals surface area contributed by atoms with E-state index in [1.807, 2.05) is 30.3 Å². The summed E-state index contributed by atoms with van der Waals surface area (Å²) in [5, 5.41) is 24.4. The highest BCUT2D eigenvalue weighted by Crippen LogP contribution is 2.34. The first-order valence-electron chi connectivity index (χ1n) is 7.11. The molecule has 7 nitrogen and oxygen atoms in total. The predicted molar refractivity (Wildman–Crippen MR) is 87.2 cm³/mol. The second-order valence-electron chi connectivity index (χ2n) is 5.15. The lowest BCUT2D eigenvalue weighted by Gasteiger charge is -2.30. The molecular formula is C16H14N2O5S. The molecule has 1 amide bonds. The van der Waals surface area contributed by atoms with E-state index in [-0.39, 0.29) is 13.2 Å². The molecule has 1 aliphatic heterocycles. The number of carboxylic acids is 1. The van der Waals surface area contributed by atoms with E-state index in [2.05, 4.69) is 5.16 Å². The molecule has 1 atom stereocenters. The average molecular weight is 346 g/mol. The molecule has 124 valence electrons. The number of oxime groups is 1. The Morgan fingerprint density at radius 3 is 2.67 bits per heavy atom. The van der Waals surface area contributed by atoms with E-state index in [0.717, 1.165) is 10.5 Å². The van der Waals surface area contributed by atoms with Gasteiger partial charge < -0.3 is 15.1 Å². The fourth-order valence-electron chi connectivity index (χ4n) is 2.51. The van der Waals surface area contributed by atoms with Gasteiger partial charge in [-0.15, -0.1) is 11.3 Å². The van der Waals surface area contributed by atoms with Crippen LogP contribution in [0, 0.1) is 0 Å². The third-order valence-electron chi connectivity index (χ3n) is 3.61. The van der Waals surface area contributed by atoms with Gasteiger partial charge in [0.25, 0.3) is 0 Å². The summed E-state index contributed by atoms with van der Waals surface area (Å²) < 4.78 is 0. The van der Waals surface area contributed by atoms with Crippen LogP contribution < -0.4 is 0 Å². The zero-order valence-electron chi connectivity index (χ0n) is 12.5.